The van der Waals surface area contributed by atoms with Gasteiger partial charge in [0.1, 0.15) is 10.3 Å². The van der Waals surface area contributed by atoms with Gasteiger partial charge in [-0.25, -0.2) is 8.42 Å². The molecule has 0 amide bonds. The molecule has 2 rings (SSSR count). The Bertz CT molecular complexity index is 934. The van der Waals surface area contributed by atoms with Crippen molar-refractivity contribution in [2.75, 3.05) is 0 Å². The van der Waals surface area contributed by atoms with Gasteiger partial charge < -0.3 is 5.11 Å². The van der Waals surface area contributed by atoms with Gasteiger partial charge in [-0.3, -0.25) is 4.79 Å². The lowest BCUT2D eigenvalue weighted by Gasteiger charge is -2.25. The van der Waals surface area contributed by atoms with Crippen LogP contribution in [0, 0.1) is 12.8 Å². The number of carboxylic acids is 1. The first-order chi connectivity index (χ1) is 12.2. The summed E-state index contributed by atoms with van der Waals surface area (Å²) in [4.78, 5) is 11.8. The van der Waals surface area contributed by atoms with Gasteiger partial charge in [0.15, 0.2) is 0 Å². The fourth-order valence-electron chi connectivity index (χ4n) is 2.77. The summed E-state index contributed by atoms with van der Waals surface area (Å²) in [5.74, 6) is -1.78. The highest BCUT2D eigenvalue weighted by Crippen LogP contribution is 2.30. The van der Waals surface area contributed by atoms with Crippen molar-refractivity contribution in [3.63, 3.8) is 0 Å². The highest BCUT2D eigenvalue weighted by molar-refractivity contribution is 9.11. The number of rotatable bonds is 7. The van der Waals surface area contributed by atoms with Crippen molar-refractivity contribution in [2.24, 2.45) is 5.92 Å². The van der Waals surface area contributed by atoms with Crippen LogP contribution in [-0.4, -0.2) is 25.5 Å². The lowest BCUT2D eigenvalue weighted by atomic mass is 9.86. The molecule has 2 N–H and O–H groups in total. The van der Waals surface area contributed by atoms with Crippen LogP contribution in [0.5, 0.6) is 0 Å². The van der Waals surface area contributed by atoms with Crippen LogP contribution in [0.4, 0.5) is 0 Å². The maximum atomic E-state index is 12.6. The van der Waals surface area contributed by atoms with Crippen molar-refractivity contribution in [3.8, 4) is 0 Å². The van der Waals surface area contributed by atoms with Crippen molar-refractivity contribution < 1.29 is 18.3 Å². The maximum absolute atomic E-state index is 12.6. The zero-order valence-electron chi connectivity index (χ0n) is 14.6. The number of carboxylic acid groups (broad SMARTS) is 1. The minimum Gasteiger partial charge on any atom is -0.480 e. The molecule has 140 valence electrons. The van der Waals surface area contributed by atoms with Crippen molar-refractivity contribution in [3.05, 3.63) is 57.4 Å². The Morgan fingerprint density at radius 3 is 2.42 bits per heavy atom. The van der Waals surface area contributed by atoms with Gasteiger partial charge in [-0.05, 0) is 58.6 Å². The van der Waals surface area contributed by atoms with Gasteiger partial charge in [0, 0.05) is 5.92 Å². The molecule has 0 bridgehead atoms. The molecule has 0 spiro atoms. The molecule has 0 saturated carbocycles. The summed E-state index contributed by atoms with van der Waals surface area (Å²) in [6.45, 7) is 5.48. The number of thiophene rings is 1. The number of nitrogens with one attached hydrogen (secondary N) is 1. The van der Waals surface area contributed by atoms with Gasteiger partial charge in [0.25, 0.3) is 10.0 Å². The predicted octanol–water partition coefficient (Wildman–Crippen LogP) is 4.29. The van der Waals surface area contributed by atoms with Gasteiger partial charge in [-0.15, -0.1) is 11.3 Å². The van der Waals surface area contributed by atoms with Gasteiger partial charge >= 0.3 is 5.97 Å². The fraction of sp³-hybridized carbons (Fsp3) is 0.278. The van der Waals surface area contributed by atoms with E-state index in [2.05, 4.69) is 20.7 Å². The molecular weight excluding hydrogens is 438 g/mol. The average molecular weight is 458 g/mol. The first-order valence-electron chi connectivity index (χ1n) is 7.90. The normalized spacial score (nSPS) is 14.8. The summed E-state index contributed by atoms with van der Waals surface area (Å²) in [5, 5.41) is 9.66. The highest BCUT2D eigenvalue weighted by atomic mass is 79.9. The zero-order valence-corrected chi connectivity index (χ0v) is 17.8. The molecule has 1 heterocycles. The van der Waals surface area contributed by atoms with E-state index in [9.17, 15) is 18.3 Å². The van der Waals surface area contributed by atoms with Crippen LogP contribution in [0.15, 0.2) is 50.5 Å². The zero-order chi connectivity index (χ0) is 19.5. The quantitative estimate of drug-likeness (QED) is 0.649. The summed E-state index contributed by atoms with van der Waals surface area (Å²) in [6, 6.07) is 9.40. The Hall–Kier alpha value is -1.48. The van der Waals surface area contributed by atoms with E-state index in [1.807, 2.05) is 44.2 Å². The van der Waals surface area contributed by atoms with E-state index in [0.717, 1.165) is 28.0 Å². The molecule has 2 atom stereocenters. The molecule has 5 nitrogen and oxygen atoms in total. The predicted molar refractivity (Wildman–Crippen MR) is 108 cm³/mol. The van der Waals surface area contributed by atoms with Gasteiger partial charge in [-0.1, -0.05) is 37.3 Å². The van der Waals surface area contributed by atoms with Crippen LogP contribution in [0.1, 0.15) is 25.0 Å². The molecule has 26 heavy (non-hydrogen) atoms. The van der Waals surface area contributed by atoms with Crippen LogP contribution in [0.3, 0.4) is 0 Å². The summed E-state index contributed by atoms with van der Waals surface area (Å²) in [5.41, 5.74) is 2.69. The molecule has 1 aromatic carbocycles. The molecule has 0 aliphatic carbocycles. The summed E-state index contributed by atoms with van der Waals surface area (Å²) in [7, 11) is -3.93. The largest absolute Gasteiger partial charge is 0.480 e. The third kappa shape index (κ3) is 4.62. The third-order valence-corrected chi connectivity index (χ3v) is 7.68. The Morgan fingerprint density at radius 1 is 1.27 bits per heavy atom. The lowest BCUT2D eigenvalue weighted by molar-refractivity contribution is -0.139. The van der Waals surface area contributed by atoms with Crippen LogP contribution in [0.25, 0.3) is 5.57 Å². The van der Waals surface area contributed by atoms with Crippen LogP contribution >= 0.6 is 27.3 Å². The van der Waals surface area contributed by atoms with Gasteiger partial charge in [0.2, 0.25) is 0 Å². The lowest BCUT2D eigenvalue weighted by Crippen LogP contribution is -2.45. The van der Waals surface area contributed by atoms with E-state index in [1.54, 1.807) is 13.0 Å². The molecule has 0 fully saturated rings. The Labute approximate surface area is 165 Å². The number of aryl methyl sites for hydroxylation is 1. The maximum Gasteiger partial charge on any atom is 0.322 e. The third-order valence-electron chi connectivity index (χ3n) is 4.12. The second-order valence-corrected chi connectivity index (χ2v) is 10.2. The molecule has 0 saturated heterocycles. The number of aliphatic carboxylic acids is 1. The van der Waals surface area contributed by atoms with Crippen LogP contribution in [0.2, 0.25) is 0 Å². The second-order valence-electron chi connectivity index (χ2n) is 5.84. The summed E-state index contributed by atoms with van der Waals surface area (Å²) in [6.07, 6.45) is 1.83. The van der Waals surface area contributed by atoms with Gasteiger partial charge in [-0.2, -0.15) is 4.72 Å². The van der Waals surface area contributed by atoms with Gasteiger partial charge in [0.05, 0.1) is 3.79 Å². The number of hydrogen-bond donors (Lipinski definition) is 2. The standard InChI is InChI=1S/C18H20BrNO4S2/c1-4-13(14-8-6-5-7-11(14)2)12(3)17(18(21)22)20-26(23,24)16-10-9-15(19)25-16/h4-10,12,17,20H,1-3H3,(H,21,22)/b13-4-/t12-,17+/m1/s1. The van der Waals surface area contributed by atoms with E-state index in [4.69, 9.17) is 0 Å². The van der Waals surface area contributed by atoms with E-state index >= 15 is 0 Å². The molecule has 8 heteroatoms. The molecule has 0 unspecified atom stereocenters. The number of benzene rings is 1. The van der Waals surface area contributed by atoms with Crippen molar-refractivity contribution >= 4 is 48.8 Å². The molecular formula is C18H20BrNO4S2. The fourth-order valence-corrected chi connectivity index (χ4v) is 6.07. The summed E-state index contributed by atoms with van der Waals surface area (Å²) >= 11 is 4.25. The monoisotopic (exact) mass is 457 g/mol. The molecule has 0 radical (unpaired) electrons. The molecule has 0 aliphatic rings. The number of allylic oxidation sites excluding steroid dienone is 1. The molecule has 2 aromatic rings. The molecule has 1 aromatic heterocycles. The Balaban J connectivity index is 2.37. The first kappa shape index (κ1) is 20.8. The van der Waals surface area contributed by atoms with Crippen molar-refractivity contribution in [1.82, 2.24) is 4.72 Å². The highest BCUT2D eigenvalue weighted by Gasteiger charge is 2.33. The first-order valence-corrected chi connectivity index (χ1v) is 11.0. The number of carbonyl (C=O) groups is 1. The topological polar surface area (TPSA) is 83.5 Å². The van der Waals surface area contributed by atoms with Crippen molar-refractivity contribution in [1.29, 1.82) is 0 Å². The Kier molecular flexibility index (Phi) is 6.79. The van der Waals surface area contributed by atoms with E-state index in [-0.39, 0.29) is 4.21 Å². The van der Waals surface area contributed by atoms with E-state index in [0.29, 0.717) is 3.79 Å². The van der Waals surface area contributed by atoms with Crippen LogP contribution < -0.4 is 4.72 Å². The smallest absolute Gasteiger partial charge is 0.322 e. The van der Waals surface area contributed by atoms with Crippen molar-refractivity contribution in [2.45, 2.75) is 31.0 Å². The van der Waals surface area contributed by atoms with Crippen LogP contribution in [-0.2, 0) is 14.8 Å². The average Bonchev–Trinajstić information content (AvgIpc) is 3.02. The van der Waals surface area contributed by atoms with E-state index < -0.39 is 28.0 Å². The second kappa shape index (κ2) is 8.47. The summed E-state index contributed by atoms with van der Waals surface area (Å²) < 4.78 is 28.2. The minimum absolute atomic E-state index is 0.0701. The Morgan fingerprint density at radius 2 is 1.92 bits per heavy atom. The van der Waals surface area contributed by atoms with E-state index in [1.165, 1.54) is 6.07 Å². The number of hydrogen-bond acceptors (Lipinski definition) is 4. The SMILES string of the molecule is C/C=C(\c1ccccc1C)[C@@H](C)[C@H](NS(=O)(=O)c1ccc(Br)s1)C(=O)O. The molecule has 0 aliphatic heterocycles. The number of sulfonamides is 1. The minimum atomic E-state index is -3.93. The number of halogens is 1.